The summed E-state index contributed by atoms with van der Waals surface area (Å²) in [5.41, 5.74) is 2.28. The molecule has 1 aliphatic rings. The van der Waals surface area contributed by atoms with E-state index < -0.39 is 0 Å². The van der Waals surface area contributed by atoms with Gasteiger partial charge in [-0.3, -0.25) is 4.79 Å². The Labute approximate surface area is 183 Å². The number of pyridine rings is 2. The minimum absolute atomic E-state index is 0.0400. The summed E-state index contributed by atoms with van der Waals surface area (Å²) in [6, 6.07) is 19.4. The third-order valence-electron chi connectivity index (χ3n) is 5.31. The summed E-state index contributed by atoms with van der Waals surface area (Å²) in [5, 5.41) is 0.876. The average molecular weight is 435 g/mol. The number of benzene rings is 1. The normalized spacial score (nSPS) is 14.3. The van der Waals surface area contributed by atoms with Crippen molar-refractivity contribution in [1.29, 1.82) is 0 Å². The molecule has 1 aliphatic heterocycles. The minimum Gasteiger partial charge on any atom is -0.353 e. The number of carbonyl (C=O) groups is 1. The predicted molar refractivity (Wildman–Crippen MR) is 122 cm³/mol. The third-order valence-corrected chi connectivity index (χ3v) is 6.57. The van der Waals surface area contributed by atoms with Crippen molar-refractivity contribution < 1.29 is 4.79 Å². The largest absolute Gasteiger partial charge is 0.353 e. The van der Waals surface area contributed by atoms with E-state index in [-0.39, 0.29) is 5.91 Å². The number of carbonyl (C=O) groups excluding carboxylic acids is 1. The number of anilines is 1. The molecule has 4 aromatic rings. The maximum absolute atomic E-state index is 13.5. The zero-order valence-corrected chi connectivity index (χ0v) is 17.7. The zero-order valence-electron chi connectivity index (χ0n) is 16.2. The summed E-state index contributed by atoms with van der Waals surface area (Å²) >= 11 is 7.59. The molecule has 30 heavy (non-hydrogen) atoms. The topological polar surface area (TPSA) is 49.3 Å². The molecule has 7 heteroatoms. The second-order valence-electron chi connectivity index (χ2n) is 7.14. The Bertz CT molecular complexity index is 1200. The van der Waals surface area contributed by atoms with Crippen molar-refractivity contribution in [1.82, 2.24) is 14.9 Å². The molecular formula is C23H19ClN4OS. The maximum Gasteiger partial charge on any atom is 0.254 e. The Hall–Kier alpha value is -2.96. The van der Waals surface area contributed by atoms with Crippen LogP contribution >= 0.6 is 22.9 Å². The molecule has 1 amide bonds. The Morgan fingerprint density at radius 3 is 2.50 bits per heavy atom. The van der Waals surface area contributed by atoms with Gasteiger partial charge < -0.3 is 9.80 Å². The van der Waals surface area contributed by atoms with Crippen LogP contribution in [0.4, 0.5) is 5.82 Å². The van der Waals surface area contributed by atoms with Crippen LogP contribution < -0.4 is 4.90 Å². The standard InChI is InChI=1S/C23H19ClN4OS/c24-21-9-8-20(30-21)19-15-17(16-5-1-2-6-18(16)26-19)23(29)28-13-11-27(12-14-28)22-7-3-4-10-25-22/h1-10,15H,11-14H2. The molecule has 1 saturated heterocycles. The second kappa shape index (κ2) is 8.05. The van der Waals surface area contributed by atoms with Crippen molar-refractivity contribution in [2.45, 2.75) is 0 Å². The lowest BCUT2D eigenvalue weighted by atomic mass is 10.1. The van der Waals surface area contributed by atoms with Crippen LogP contribution in [0.3, 0.4) is 0 Å². The first-order chi connectivity index (χ1) is 14.7. The summed E-state index contributed by atoms with van der Waals surface area (Å²) in [7, 11) is 0. The molecule has 1 aromatic carbocycles. The van der Waals surface area contributed by atoms with Gasteiger partial charge in [-0.2, -0.15) is 0 Å². The van der Waals surface area contributed by atoms with Gasteiger partial charge in [0.25, 0.3) is 5.91 Å². The Morgan fingerprint density at radius 2 is 1.77 bits per heavy atom. The number of nitrogens with zero attached hydrogens (tertiary/aromatic N) is 4. The highest BCUT2D eigenvalue weighted by Crippen LogP contribution is 2.32. The number of aromatic nitrogens is 2. The highest BCUT2D eigenvalue weighted by Gasteiger charge is 2.25. The first-order valence-corrected chi connectivity index (χ1v) is 11.0. The molecule has 5 nitrogen and oxygen atoms in total. The monoisotopic (exact) mass is 434 g/mol. The zero-order chi connectivity index (χ0) is 20.5. The Morgan fingerprint density at radius 1 is 0.967 bits per heavy atom. The third kappa shape index (κ3) is 3.64. The molecule has 0 unspecified atom stereocenters. The number of rotatable bonds is 3. The first-order valence-electron chi connectivity index (χ1n) is 9.80. The van der Waals surface area contributed by atoms with Crippen molar-refractivity contribution in [3.8, 4) is 10.6 Å². The van der Waals surface area contributed by atoms with Gasteiger partial charge in [0.05, 0.1) is 26.0 Å². The van der Waals surface area contributed by atoms with E-state index in [0.29, 0.717) is 23.0 Å². The molecule has 1 fully saturated rings. The quantitative estimate of drug-likeness (QED) is 0.456. The molecular weight excluding hydrogens is 416 g/mol. The molecule has 150 valence electrons. The molecule has 0 saturated carbocycles. The number of amides is 1. The van der Waals surface area contributed by atoms with Crippen LogP contribution in [0.15, 0.2) is 66.9 Å². The Balaban J connectivity index is 1.45. The summed E-state index contributed by atoms with van der Waals surface area (Å²) in [6.45, 7) is 2.84. The molecule has 5 rings (SSSR count). The van der Waals surface area contributed by atoms with Crippen LogP contribution in [0.2, 0.25) is 4.34 Å². The molecule has 0 spiro atoms. The summed E-state index contributed by atoms with van der Waals surface area (Å²) < 4.78 is 0.707. The van der Waals surface area contributed by atoms with Crippen molar-refractivity contribution in [3.63, 3.8) is 0 Å². The van der Waals surface area contributed by atoms with E-state index in [2.05, 4.69) is 9.88 Å². The van der Waals surface area contributed by atoms with Gasteiger partial charge in [-0.1, -0.05) is 35.9 Å². The van der Waals surface area contributed by atoms with Crippen molar-refractivity contribution in [2.24, 2.45) is 0 Å². The van der Waals surface area contributed by atoms with Gasteiger partial charge in [0, 0.05) is 37.8 Å². The first kappa shape index (κ1) is 19.0. The Kier molecular flexibility index (Phi) is 5.11. The number of piperazine rings is 1. The van der Waals surface area contributed by atoms with Gasteiger partial charge in [-0.05, 0) is 36.4 Å². The number of para-hydroxylation sites is 1. The van der Waals surface area contributed by atoms with E-state index in [9.17, 15) is 4.79 Å². The van der Waals surface area contributed by atoms with Gasteiger partial charge in [-0.15, -0.1) is 11.3 Å². The molecule has 0 N–H and O–H groups in total. The van der Waals surface area contributed by atoms with Gasteiger partial charge in [-0.25, -0.2) is 9.97 Å². The van der Waals surface area contributed by atoms with Crippen LogP contribution in [0.5, 0.6) is 0 Å². The molecule has 0 bridgehead atoms. The number of fused-ring (bicyclic) bond motifs is 1. The molecule has 0 atom stereocenters. The molecule has 0 aliphatic carbocycles. The summed E-state index contributed by atoms with van der Waals surface area (Å²) in [6.07, 6.45) is 1.80. The van der Waals surface area contributed by atoms with E-state index in [1.165, 1.54) is 11.3 Å². The van der Waals surface area contributed by atoms with Gasteiger partial charge in [0.2, 0.25) is 0 Å². The lowest BCUT2D eigenvalue weighted by molar-refractivity contribution is 0.0748. The second-order valence-corrected chi connectivity index (χ2v) is 8.86. The number of halogens is 1. The fraction of sp³-hybridized carbons (Fsp3) is 0.174. The van der Waals surface area contributed by atoms with Gasteiger partial charge in [0.15, 0.2) is 0 Å². The molecule has 4 heterocycles. The molecule has 0 radical (unpaired) electrons. The summed E-state index contributed by atoms with van der Waals surface area (Å²) in [4.78, 5) is 27.8. The van der Waals surface area contributed by atoms with Gasteiger partial charge in [0.1, 0.15) is 5.82 Å². The smallest absolute Gasteiger partial charge is 0.254 e. The number of hydrogen-bond acceptors (Lipinski definition) is 5. The van der Waals surface area contributed by atoms with Gasteiger partial charge >= 0.3 is 0 Å². The van der Waals surface area contributed by atoms with E-state index >= 15 is 0 Å². The van der Waals surface area contributed by atoms with Crippen LogP contribution in [0.1, 0.15) is 10.4 Å². The number of hydrogen-bond donors (Lipinski definition) is 0. The van der Waals surface area contributed by atoms with Crippen LogP contribution in [0.25, 0.3) is 21.5 Å². The highest BCUT2D eigenvalue weighted by molar-refractivity contribution is 7.19. The van der Waals surface area contributed by atoms with E-state index in [0.717, 1.165) is 40.4 Å². The summed E-state index contributed by atoms with van der Waals surface area (Å²) in [5.74, 6) is 0.994. The lowest BCUT2D eigenvalue weighted by Gasteiger charge is -2.35. The van der Waals surface area contributed by atoms with Crippen LogP contribution in [0, 0.1) is 0 Å². The van der Waals surface area contributed by atoms with E-state index in [1.807, 2.05) is 65.6 Å². The van der Waals surface area contributed by atoms with E-state index in [1.54, 1.807) is 6.20 Å². The van der Waals surface area contributed by atoms with Crippen molar-refractivity contribution in [3.05, 3.63) is 76.8 Å². The van der Waals surface area contributed by atoms with Crippen molar-refractivity contribution in [2.75, 3.05) is 31.1 Å². The molecule has 3 aromatic heterocycles. The number of thiophene rings is 1. The highest BCUT2D eigenvalue weighted by atomic mass is 35.5. The fourth-order valence-corrected chi connectivity index (χ4v) is 4.78. The minimum atomic E-state index is 0.0400. The van der Waals surface area contributed by atoms with E-state index in [4.69, 9.17) is 16.6 Å². The predicted octanol–water partition coefficient (Wildman–Crippen LogP) is 4.97. The van der Waals surface area contributed by atoms with Crippen LogP contribution in [-0.4, -0.2) is 47.0 Å². The fourth-order valence-electron chi connectivity index (χ4n) is 3.78. The van der Waals surface area contributed by atoms with Crippen molar-refractivity contribution >= 4 is 45.6 Å². The maximum atomic E-state index is 13.5. The lowest BCUT2D eigenvalue weighted by Crippen LogP contribution is -2.49. The average Bonchev–Trinajstić information content (AvgIpc) is 3.25. The van der Waals surface area contributed by atoms with Crippen LogP contribution in [-0.2, 0) is 0 Å². The SMILES string of the molecule is O=C(c1cc(-c2ccc(Cl)s2)nc2ccccc12)N1CCN(c2ccccn2)CC1.